The summed E-state index contributed by atoms with van der Waals surface area (Å²) in [4.78, 5) is 24.2. The van der Waals surface area contributed by atoms with Crippen LogP contribution in [0.5, 0.6) is 5.75 Å². The Morgan fingerprint density at radius 3 is 2.59 bits per heavy atom. The fraction of sp³-hybridized carbons (Fsp3) is 0.261. The number of hydrogen-bond donors (Lipinski definition) is 0. The van der Waals surface area contributed by atoms with Gasteiger partial charge in [0.1, 0.15) is 22.2 Å². The molecule has 0 saturated carbocycles. The predicted octanol–water partition coefficient (Wildman–Crippen LogP) is 3.69. The maximum atomic E-state index is 13.2. The number of sulfonamides is 1. The summed E-state index contributed by atoms with van der Waals surface area (Å²) in [5.41, 5.74) is 2.21. The van der Waals surface area contributed by atoms with Crippen molar-refractivity contribution in [1.29, 1.82) is 0 Å². The minimum Gasteiger partial charge on any atom is -0.487 e. The number of amides is 1. The molecule has 2 aromatic heterocycles. The van der Waals surface area contributed by atoms with Gasteiger partial charge in [-0.25, -0.2) is 13.4 Å². The molecular weight excluding hydrogens is 496 g/mol. The van der Waals surface area contributed by atoms with Crippen LogP contribution in [0.25, 0.3) is 16.6 Å². The number of piperazine rings is 1. The predicted molar refractivity (Wildman–Crippen MR) is 131 cm³/mol. The molecule has 11 heteroatoms. The number of pyridine rings is 1. The molecule has 1 aromatic carbocycles. The molecule has 4 heterocycles. The molecule has 1 saturated heterocycles. The number of benzene rings is 1. The van der Waals surface area contributed by atoms with Crippen LogP contribution in [-0.2, 0) is 10.0 Å². The summed E-state index contributed by atoms with van der Waals surface area (Å²) in [6.07, 6.45) is 4.99. The van der Waals surface area contributed by atoms with Gasteiger partial charge in [0, 0.05) is 54.7 Å². The molecule has 1 amide bonds. The van der Waals surface area contributed by atoms with E-state index < -0.39 is 10.0 Å². The first kappa shape index (κ1) is 23.0. The fourth-order valence-electron chi connectivity index (χ4n) is 3.93. The molecule has 2 aliphatic rings. The van der Waals surface area contributed by atoms with Crippen molar-refractivity contribution in [3.63, 3.8) is 0 Å². The first-order chi connectivity index (χ1) is 16.3. The van der Waals surface area contributed by atoms with Crippen LogP contribution in [-0.4, -0.2) is 66.3 Å². The molecule has 0 bridgehead atoms. The van der Waals surface area contributed by atoms with Crippen molar-refractivity contribution < 1.29 is 17.9 Å². The van der Waals surface area contributed by atoms with E-state index in [2.05, 4.69) is 9.97 Å². The molecule has 5 rings (SSSR count). The summed E-state index contributed by atoms with van der Waals surface area (Å²) in [5.74, 6) is 0.473. The van der Waals surface area contributed by atoms with E-state index >= 15 is 0 Å². The lowest BCUT2D eigenvalue weighted by Gasteiger charge is -2.34. The number of carbonyl (C=O) groups is 1. The van der Waals surface area contributed by atoms with Crippen LogP contribution >= 0.6 is 22.9 Å². The summed E-state index contributed by atoms with van der Waals surface area (Å²) in [7, 11) is -3.72. The topological polar surface area (TPSA) is 92.7 Å². The number of aryl methyl sites for hydroxylation is 1. The lowest BCUT2D eigenvalue weighted by molar-refractivity contribution is 0.0702. The molecule has 0 unspecified atom stereocenters. The summed E-state index contributed by atoms with van der Waals surface area (Å²) in [6.45, 7) is 2.81. The molecule has 1 fully saturated rings. The summed E-state index contributed by atoms with van der Waals surface area (Å²) in [5, 5.41) is 1.27. The van der Waals surface area contributed by atoms with E-state index in [1.807, 2.05) is 19.1 Å². The van der Waals surface area contributed by atoms with Crippen molar-refractivity contribution in [2.45, 2.75) is 6.92 Å². The van der Waals surface area contributed by atoms with E-state index in [-0.39, 0.29) is 30.5 Å². The van der Waals surface area contributed by atoms with E-state index in [9.17, 15) is 13.2 Å². The molecule has 2 aliphatic heterocycles. The summed E-state index contributed by atoms with van der Waals surface area (Å²) < 4.78 is 33.5. The quantitative estimate of drug-likeness (QED) is 0.525. The molecule has 176 valence electrons. The number of aromatic nitrogens is 2. The van der Waals surface area contributed by atoms with E-state index in [4.69, 9.17) is 16.3 Å². The van der Waals surface area contributed by atoms with Gasteiger partial charge in [0.25, 0.3) is 5.91 Å². The average molecular weight is 517 g/mol. The smallest absolute Gasteiger partial charge is 0.265 e. The Bertz CT molecular complexity index is 1380. The van der Waals surface area contributed by atoms with Crippen LogP contribution in [0.15, 0.2) is 47.6 Å². The highest BCUT2D eigenvalue weighted by atomic mass is 35.5. The summed E-state index contributed by atoms with van der Waals surface area (Å²) >= 11 is 7.38. The molecule has 34 heavy (non-hydrogen) atoms. The Hall–Kier alpha value is -2.79. The van der Waals surface area contributed by atoms with Crippen molar-refractivity contribution in [3.8, 4) is 16.3 Å². The Labute approximate surface area is 206 Å². The van der Waals surface area contributed by atoms with Crippen LogP contribution in [0, 0.1) is 6.92 Å². The normalized spacial score (nSPS) is 16.5. The lowest BCUT2D eigenvalue weighted by atomic mass is 10.1. The van der Waals surface area contributed by atoms with Crippen molar-refractivity contribution in [1.82, 2.24) is 19.2 Å². The third kappa shape index (κ3) is 4.34. The first-order valence-corrected chi connectivity index (χ1v) is 13.3. The van der Waals surface area contributed by atoms with Gasteiger partial charge in [-0.1, -0.05) is 11.6 Å². The first-order valence-electron chi connectivity index (χ1n) is 10.6. The number of nitrogens with zero attached hydrogens (tertiary/aromatic N) is 4. The standard InChI is InChI=1S/C23H21ClN4O4S2/c1-15-21(33-22(26-15)16-4-6-25-7-5-16)23(29)27-8-10-28(11-9-27)34(30,31)19-13-17-12-18(24)2-3-20(17)32-14-19/h2-7,12-13H,8-11,14H2,1H3. The molecule has 0 radical (unpaired) electrons. The fourth-order valence-corrected chi connectivity index (χ4v) is 6.61. The second-order valence-corrected chi connectivity index (χ2v) is 11.4. The van der Waals surface area contributed by atoms with Gasteiger partial charge >= 0.3 is 0 Å². The molecule has 0 atom stereocenters. The molecule has 0 aliphatic carbocycles. The van der Waals surface area contributed by atoms with Crippen molar-refractivity contribution >= 4 is 44.9 Å². The van der Waals surface area contributed by atoms with Gasteiger partial charge in [0.2, 0.25) is 10.0 Å². The molecular formula is C23H21ClN4O4S2. The lowest BCUT2D eigenvalue weighted by Crippen LogP contribution is -2.51. The van der Waals surface area contributed by atoms with Gasteiger partial charge in [-0.3, -0.25) is 9.78 Å². The van der Waals surface area contributed by atoms with Crippen molar-refractivity contribution in [3.05, 3.63) is 68.8 Å². The van der Waals surface area contributed by atoms with E-state index in [0.29, 0.717) is 40.0 Å². The zero-order chi connectivity index (χ0) is 23.9. The van der Waals surface area contributed by atoms with Crippen molar-refractivity contribution in [2.75, 3.05) is 32.8 Å². The molecule has 0 N–H and O–H groups in total. The summed E-state index contributed by atoms with van der Waals surface area (Å²) in [6, 6.07) is 8.82. The second-order valence-electron chi connectivity index (χ2n) is 7.95. The maximum absolute atomic E-state index is 13.2. The van der Waals surface area contributed by atoms with Crippen LogP contribution in [0.3, 0.4) is 0 Å². The highest BCUT2D eigenvalue weighted by molar-refractivity contribution is 7.93. The van der Waals surface area contributed by atoms with Crippen LogP contribution in [0.1, 0.15) is 20.9 Å². The largest absolute Gasteiger partial charge is 0.487 e. The third-order valence-corrected chi connectivity index (χ3v) is 9.15. The number of rotatable bonds is 4. The zero-order valence-electron chi connectivity index (χ0n) is 18.3. The monoisotopic (exact) mass is 516 g/mol. The number of halogens is 1. The highest BCUT2D eigenvalue weighted by Gasteiger charge is 2.34. The van der Waals surface area contributed by atoms with Gasteiger partial charge in [-0.05, 0) is 43.3 Å². The molecule has 3 aromatic rings. The van der Waals surface area contributed by atoms with Crippen molar-refractivity contribution in [2.24, 2.45) is 0 Å². The third-order valence-electron chi connectivity index (χ3n) is 5.77. The Morgan fingerprint density at radius 2 is 1.85 bits per heavy atom. The van der Waals surface area contributed by atoms with Crippen LogP contribution < -0.4 is 4.74 Å². The van der Waals surface area contributed by atoms with Crippen LogP contribution in [0.4, 0.5) is 0 Å². The number of carbonyl (C=O) groups excluding carboxylic acids is 1. The van der Waals surface area contributed by atoms with Gasteiger partial charge in [0.15, 0.2) is 0 Å². The van der Waals surface area contributed by atoms with E-state index in [1.165, 1.54) is 15.6 Å². The Kier molecular flexibility index (Phi) is 6.15. The average Bonchev–Trinajstić information content (AvgIpc) is 3.25. The van der Waals surface area contributed by atoms with Gasteiger partial charge < -0.3 is 9.64 Å². The Balaban J connectivity index is 1.29. The van der Waals surface area contributed by atoms with Crippen LogP contribution in [0.2, 0.25) is 5.02 Å². The molecule has 8 nitrogen and oxygen atoms in total. The number of hydrogen-bond acceptors (Lipinski definition) is 7. The number of fused-ring (bicyclic) bond motifs is 1. The zero-order valence-corrected chi connectivity index (χ0v) is 20.7. The molecule has 0 spiro atoms. The number of ether oxygens (including phenoxy) is 1. The van der Waals surface area contributed by atoms with Gasteiger partial charge in [0.05, 0.1) is 10.6 Å². The second kappa shape index (κ2) is 9.10. The van der Waals surface area contributed by atoms with E-state index in [0.717, 1.165) is 10.6 Å². The van der Waals surface area contributed by atoms with Gasteiger partial charge in [-0.2, -0.15) is 4.31 Å². The minimum absolute atomic E-state index is 0.0338. The SMILES string of the molecule is Cc1nc(-c2ccncc2)sc1C(=O)N1CCN(S(=O)(=O)C2=Cc3cc(Cl)ccc3OC2)CC1. The Morgan fingerprint density at radius 1 is 1.12 bits per heavy atom. The number of thiazole rings is 1. The van der Waals surface area contributed by atoms with Gasteiger partial charge in [-0.15, -0.1) is 11.3 Å². The maximum Gasteiger partial charge on any atom is 0.265 e. The minimum atomic E-state index is -3.72. The highest BCUT2D eigenvalue weighted by Crippen LogP contribution is 2.32. The van der Waals surface area contributed by atoms with E-state index in [1.54, 1.807) is 41.6 Å².